The first-order valence-corrected chi connectivity index (χ1v) is 18.6. The van der Waals surface area contributed by atoms with Crippen LogP contribution in [0.5, 0.6) is 0 Å². The van der Waals surface area contributed by atoms with Crippen LogP contribution in [-0.4, -0.2) is 182 Å². The molecule has 0 fully saturated rings. The highest BCUT2D eigenvalue weighted by Gasteiger charge is 2.48. The lowest BCUT2D eigenvalue weighted by Gasteiger charge is -2.26. The number of rotatable bonds is 28. The molecule has 0 spiro atoms. The third kappa shape index (κ3) is 27.5. The maximum Gasteiger partial charge on any atom is 0.349 e. The number of aliphatic carboxylic acids is 10. The maximum atomic E-state index is 11.3. The van der Waals surface area contributed by atoms with Gasteiger partial charge in [-0.3, -0.25) is 19.2 Å². The van der Waals surface area contributed by atoms with Gasteiger partial charge < -0.3 is 79.5 Å². The molecule has 0 aliphatic heterocycles. The van der Waals surface area contributed by atoms with Crippen LogP contribution in [0.3, 0.4) is 0 Å². The van der Waals surface area contributed by atoms with Gasteiger partial charge in [-0.1, -0.05) is 39.5 Å². The molecule has 0 aromatic carbocycles. The Kier molecular flexibility index (Phi) is 31.1. The predicted octanol–water partition coefficient (Wildman–Crippen LogP) is -1.15. The van der Waals surface area contributed by atoms with Crippen molar-refractivity contribution in [2.24, 2.45) is 0 Å². The van der Waals surface area contributed by atoms with Crippen molar-refractivity contribution in [2.45, 2.75) is 82.1 Å². The second kappa shape index (κ2) is 32.7. The SMILES string of the molecule is C=C(C)C(=O)OC(C(=O)O)C(OC(=O)C(=C)C)C(=O)O.C=C(C)C(=O)OC(CC(=O)O)(CC(=O)O)C(=O)O.C=CC(=O)OC(C(=O)O)C(OC(=O)C=C)C(=O)O.C=CC(=O)OC(CC(=O)O)(CC(=O)O)C(=O)O. The topological polar surface area (TPSA) is 531 Å². The first-order chi connectivity index (χ1) is 33.2. The van der Waals surface area contributed by atoms with Gasteiger partial charge in [0.25, 0.3) is 0 Å². The molecule has 4 unspecified atom stereocenters. The van der Waals surface area contributed by atoms with Crippen LogP contribution in [0.1, 0.15) is 46.5 Å². The van der Waals surface area contributed by atoms with Gasteiger partial charge in [0.1, 0.15) is 0 Å². The third-order valence-corrected chi connectivity index (χ3v) is 7.13. The van der Waals surface area contributed by atoms with E-state index in [1.807, 2.05) is 0 Å². The normalized spacial score (nSPS) is 11.6. The van der Waals surface area contributed by atoms with Crippen LogP contribution in [-0.2, 0) is 105 Å². The van der Waals surface area contributed by atoms with Crippen molar-refractivity contribution in [3.8, 4) is 0 Å². The summed E-state index contributed by atoms with van der Waals surface area (Å²) in [6.45, 7) is 22.4. The fraction of sp³-hybridized carbons (Fsp3) is 0.317. The highest BCUT2D eigenvalue weighted by atomic mass is 16.6. The van der Waals surface area contributed by atoms with Crippen LogP contribution in [0.25, 0.3) is 0 Å². The van der Waals surface area contributed by atoms with Crippen LogP contribution in [0.2, 0.25) is 0 Å². The van der Waals surface area contributed by atoms with Gasteiger partial charge in [-0.15, -0.1) is 0 Å². The number of esters is 6. The van der Waals surface area contributed by atoms with E-state index in [-0.39, 0.29) is 16.7 Å². The van der Waals surface area contributed by atoms with Crippen molar-refractivity contribution in [3.05, 3.63) is 74.4 Å². The second-order valence-corrected chi connectivity index (χ2v) is 13.4. The van der Waals surface area contributed by atoms with Gasteiger partial charge in [0.05, 0.1) is 25.7 Å². The van der Waals surface area contributed by atoms with E-state index in [1.54, 1.807) is 0 Å². The summed E-state index contributed by atoms with van der Waals surface area (Å²) in [7, 11) is 0. The Morgan fingerprint density at radius 3 is 0.767 bits per heavy atom. The molecule has 32 nitrogen and oxygen atoms in total. The zero-order chi connectivity index (χ0) is 58.5. The van der Waals surface area contributed by atoms with Gasteiger partial charge >= 0.3 is 95.5 Å². The van der Waals surface area contributed by atoms with Gasteiger partial charge in [-0.2, -0.15) is 0 Å². The van der Waals surface area contributed by atoms with Crippen molar-refractivity contribution >= 4 is 95.5 Å². The monoisotopic (exact) mass is 1050 g/mol. The zero-order valence-corrected chi connectivity index (χ0v) is 38.1. The first-order valence-electron chi connectivity index (χ1n) is 18.6. The molecular formula is C41H46O32. The summed E-state index contributed by atoms with van der Waals surface area (Å²) in [5.41, 5.74) is -5.72. The Hall–Kier alpha value is -10.0. The largest absolute Gasteiger partial charge is 0.481 e. The summed E-state index contributed by atoms with van der Waals surface area (Å²) >= 11 is 0. The molecule has 0 heterocycles. The van der Waals surface area contributed by atoms with E-state index in [2.05, 4.69) is 67.9 Å². The molecule has 10 N–H and O–H groups in total. The minimum Gasteiger partial charge on any atom is -0.481 e. The minimum absolute atomic E-state index is 0.133. The van der Waals surface area contributed by atoms with Crippen molar-refractivity contribution in [2.75, 3.05) is 0 Å². The number of hydrogen-bond acceptors (Lipinski definition) is 22. The van der Waals surface area contributed by atoms with E-state index in [0.717, 1.165) is 0 Å². The molecule has 402 valence electrons. The number of carboxylic acids is 10. The summed E-state index contributed by atoms with van der Waals surface area (Å²) in [4.78, 5) is 174. The Morgan fingerprint density at radius 2 is 0.589 bits per heavy atom. The molecular weight excluding hydrogens is 1000 g/mol. The average Bonchev–Trinajstić information content (AvgIpc) is 3.24. The summed E-state index contributed by atoms with van der Waals surface area (Å²) < 4.78 is 26.3. The highest BCUT2D eigenvalue weighted by molar-refractivity contribution is 5.96. The molecule has 0 amide bonds. The van der Waals surface area contributed by atoms with Crippen LogP contribution in [0.15, 0.2) is 74.4 Å². The lowest BCUT2D eigenvalue weighted by molar-refractivity contribution is -0.184. The lowest BCUT2D eigenvalue weighted by Crippen LogP contribution is -2.47. The van der Waals surface area contributed by atoms with E-state index < -0.39 is 157 Å². The Balaban J connectivity index is -0.000000436. The number of carbonyl (C=O) groups excluding carboxylic acids is 6. The minimum atomic E-state index is -2.65. The van der Waals surface area contributed by atoms with E-state index in [1.165, 1.54) is 20.8 Å². The van der Waals surface area contributed by atoms with Crippen LogP contribution >= 0.6 is 0 Å². The van der Waals surface area contributed by atoms with Crippen LogP contribution in [0, 0.1) is 0 Å². The fourth-order valence-corrected chi connectivity index (χ4v) is 3.88. The summed E-state index contributed by atoms with van der Waals surface area (Å²) in [5.74, 6) is -24.2. The number of carbonyl (C=O) groups is 16. The highest BCUT2D eigenvalue weighted by Crippen LogP contribution is 2.24. The second-order valence-electron chi connectivity index (χ2n) is 13.4. The zero-order valence-electron chi connectivity index (χ0n) is 38.1. The van der Waals surface area contributed by atoms with Crippen LogP contribution in [0.4, 0.5) is 0 Å². The van der Waals surface area contributed by atoms with Crippen molar-refractivity contribution in [1.82, 2.24) is 0 Å². The molecule has 0 rings (SSSR count). The standard InChI is InChI=1S/C12H14O8.C10H12O8.C10H10O8.C9H10O8/c1-5(2)11(17)19-7(9(13)14)8(10(15)16)20-12(18)6(3)4;1-5(2)8(15)18-10(9(16)17,3-6(11)12)4-7(13)14;1-3-5(11)17-7(9(13)14)8(10(15)16)18-6(12)4-2;1-2-7(14)17-9(8(15)16,3-5(10)11)4-6(12)13/h7-8H,1,3H2,2,4H3,(H,13,14)(H,15,16);1,3-4H2,2H3,(H,11,12)(H,13,14)(H,16,17);3-4,7-8H,1-2H2,(H,13,14)(H,15,16);2H,1,3-4H2,(H,10,11)(H,12,13)(H,15,16). The van der Waals surface area contributed by atoms with Crippen molar-refractivity contribution in [1.29, 1.82) is 0 Å². The quantitative estimate of drug-likeness (QED) is 0.0251. The van der Waals surface area contributed by atoms with Crippen molar-refractivity contribution < 1.29 is 156 Å². The fourth-order valence-electron chi connectivity index (χ4n) is 3.88. The number of hydrogen-bond donors (Lipinski definition) is 10. The molecule has 0 radical (unpaired) electrons. The van der Waals surface area contributed by atoms with Gasteiger partial charge in [0.15, 0.2) is 0 Å². The first kappa shape index (κ1) is 69.5. The van der Waals surface area contributed by atoms with E-state index >= 15 is 0 Å². The van der Waals surface area contributed by atoms with E-state index in [4.69, 9.17) is 51.1 Å². The predicted molar refractivity (Wildman–Crippen MR) is 227 cm³/mol. The molecule has 0 saturated carbocycles. The van der Waals surface area contributed by atoms with Crippen molar-refractivity contribution in [3.63, 3.8) is 0 Å². The molecule has 73 heavy (non-hydrogen) atoms. The Morgan fingerprint density at radius 1 is 0.370 bits per heavy atom. The summed E-state index contributed by atoms with van der Waals surface area (Å²) in [6.07, 6.45) is -11.5. The van der Waals surface area contributed by atoms with Gasteiger partial charge in [0.2, 0.25) is 35.6 Å². The third-order valence-electron chi connectivity index (χ3n) is 7.13. The molecule has 0 aromatic heterocycles. The Labute approximate surface area is 407 Å². The number of carboxylic acid groups (broad SMARTS) is 10. The lowest BCUT2D eigenvalue weighted by atomic mass is 9.95. The smallest absolute Gasteiger partial charge is 0.349 e. The Bertz CT molecular complexity index is 2160. The molecule has 0 aliphatic carbocycles. The molecule has 0 bridgehead atoms. The summed E-state index contributed by atoms with van der Waals surface area (Å²) in [5, 5.41) is 87.2. The van der Waals surface area contributed by atoms with Gasteiger partial charge in [0, 0.05) is 34.9 Å². The summed E-state index contributed by atoms with van der Waals surface area (Å²) in [6, 6.07) is 0. The number of ether oxygens (including phenoxy) is 6. The molecule has 4 atom stereocenters. The average molecular weight is 1050 g/mol. The molecule has 0 aliphatic rings. The van der Waals surface area contributed by atoms with E-state index in [9.17, 15) is 76.7 Å². The van der Waals surface area contributed by atoms with E-state index in [0.29, 0.717) is 18.2 Å². The molecule has 0 saturated heterocycles. The maximum absolute atomic E-state index is 11.3. The van der Waals surface area contributed by atoms with Crippen LogP contribution < -0.4 is 0 Å². The van der Waals surface area contributed by atoms with Gasteiger partial charge in [-0.25, -0.2) is 57.5 Å². The molecule has 32 heteroatoms. The van der Waals surface area contributed by atoms with Gasteiger partial charge in [-0.05, 0) is 20.8 Å². The molecule has 0 aromatic rings.